The first-order chi connectivity index (χ1) is 15.4. The van der Waals surface area contributed by atoms with Gasteiger partial charge in [0, 0.05) is 47.7 Å². The highest BCUT2D eigenvalue weighted by Crippen LogP contribution is 2.35. The Kier molecular flexibility index (Phi) is 6.39. The summed E-state index contributed by atoms with van der Waals surface area (Å²) in [5.74, 6) is -0.0902. The van der Waals surface area contributed by atoms with Gasteiger partial charge in [0.1, 0.15) is 4.83 Å². The third-order valence-corrected chi connectivity index (χ3v) is 6.85. The number of hydrogen-bond donors (Lipinski definition) is 0. The number of nitrogens with zero attached hydrogens (tertiary/aromatic N) is 3. The molecule has 1 aromatic carbocycles. The first-order valence-corrected chi connectivity index (χ1v) is 11.5. The van der Waals surface area contributed by atoms with E-state index in [0.717, 1.165) is 40.4 Å². The number of benzene rings is 1. The third-order valence-electron chi connectivity index (χ3n) is 5.84. The van der Waals surface area contributed by atoms with Crippen molar-refractivity contribution in [2.75, 3.05) is 13.7 Å². The van der Waals surface area contributed by atoms with Gasteiger partial charge in [-0.25, -0.2) is 4.98 Å². The highest BCUT2D eigenvalue weighted by molar-refractivity contribution is 7.19. The highest BCUT2D eigenvalue weighted by atomic mass is 32.1. The number of methoxy groups -OCH3 is 1. The summed E-state index contributed by atoms with van der Waals surface area (Å²) in [6.45, 7) is 7.38. The summed E-state index contributed by atoms with van der Waals surface area (Å²) in [5, 5.41) is 0.582. The molecule has 0 saturated carbocycles. The lowest BCUT2D eigenvalue weighted by molar-refractivity contribution is 0.0970. The number of carbonyl (C=O) groups excluding carboxylic acids is 1. The molecule has 0 aliphatic rings. The van der Waals surface area contributed by atoms with Crippen molar-refractivity contribution in [1.82, 2.24) is 14.1 Å². The Balaban J connectivity index is 1.69. The molecule has 4 aromatic rings. The van der Waals surface area contributed by atoms with Gasteiger partial charge >= 0.3 is 0 Å². The standard InChI is InChI=1S/C25H27N3O3S/c1-16-13-20(17(2)28(16)11-8-12-31-4)21(29)14-27-15-26-24-23(25(27)30)22(18(3)32-24)19-9-6-5-7-10-19/h5-7,9-10,13,15H,8,11-12,14H2,1-4H3. The molecule has 0 amide bonds. The molecule has 6 nitrogen and oxygen atoms in total. The van der Waals surface area contributed by atoms with E-state index in [1.807, 2.05) is 57.2 Å². The molecule has 0 N–H and O–H groups in total. The van der Waals surface area contributed by atoms with E-state index in [2.05, 4.69) is 9.55 Å². The molecule has 4 rings (SSSR count). The van der Waals surface area contributed by atoms with Crippen molar-refractivity contribution in [2.24, 2.45) is 0 Å². The maximum Gasteiger partial charge on any atom is 0.263 e. The molecule has 0 aliphatic carbocycles. The van der Waals surface area contributed by atoms with Gasteiger partial charge in [0.05, 0.1) is 18.3 Å². The molecule has 32 heavy (non-hydrogen) atoms. The molecule has 0 unspecified atom stereocenters. The summed E-state index contributed by atoms with van der Waals surface area (Å²) >= 11 is 1.51. The van der Waals surface area contributed by atoms with Crippen LogP contribution in [0.15, 0.2) is 47.5 Å². The summed E-state index contributed by atoms with van der Waals surface area (Å²) in [6, 6.07) is 11.8. The second-order valence-corrected chi connectivity index (χ2v) is 9.17. The predicted molar refractivity (Wildman–Crippen MR) is 129 cm³/mol. The fraction of sp³-hybridized carbons (Fsp3) is 0.320. The van der Waals surface area contributed by atoms with Gasteiger partial charge in [-0.3, -0.25) is 14.2 Å². The van der Waals surface area contributed by atoms with Crippen LogP contribution in [0, 0.1) is 20.8 Å². The van der Waals surface area contributed by atoms with E-state index in [1.54, 1.807) is 7.11 Å². The van der Waals surface area contributed by atoms with Crippen LogP contribution < -0.4 is 5.56 Å². The van der Waals surface area contributed by atoms with Crippen LogP contribution in [-0.4, -0.2) is 33.6 Å². The van der Waals surface area contributed by atoms with Crippen LogP contribution in [0.1, 0.15) is 33.0 Å². The van der Waals surface area contributed by atoms with Crippen LogP contribution in [0.3, 0.4) is 0 Å². The van der Waals surface area contributed by atoms with E-state index >= 15 is 0 Å². The van der Waals surface area contributed by atoms with Crippen molar-refractivity contribution in [3.05, 3.63) is 74.9 Å². The third kappa shape index (κ3) is 4.06. The zero-order chi connectivity index (χ0) is 22.8. The van der Waals surface area contributed by atoms with Crippen LogP contribution in [0.2, 0.25) is 0 Å². The van der Waals surface area contributed by atoms with Gasteiger partial charge in [-0.1, -0.05) is 30.3 Å². The molecule has 0 fully saturated rings. The van der Waals surface area contributed by atoms with Crippen molar-refractivity contribution in [3.63, 3.8) is 0 Å². The molecule has 3 heterocycles. The van der Waals surface area contributed by atoms with Crippen molar-refractivity contribution >= 4 is 27.3 Å². The quantitative estimate of drug-likeness (QED) is 0.287. The van der Waals surface area contributed by atoms with Crippen molar-refractivity contribution in [3.8, 4) is 11.1 Å². The number of Topliss-reactive ketones (excluding diaryl/α,β-unsaturated/α-hetero) is 1. The van der Waals surface area contributed by atoms with Crippen LogP contribution in [-0.2, 0) is 17.8 Å². The van der Waals surface area contributed by atoms with Gasteiger partial charge < -0.3 is 9.30 Å². The van der Waals surface area contributed by atoms with E-state index in [1.165, 1.54) is 22.2 Å². The molecule has 0 aliphatic heterocycles. The van der Waals surface area contributed by atoms with Gasteiger partial charge in [0.15, 0.2) is 5.78 Å². The van der Waals surface area contributed by atoms with Crippen LogP contribution in [0.5, 0.6) is 0 Å². The van der Waals surface area contributed by atoms with Gasteiger partial charge in [-0.05, 0) is 38.8 Å². The summed E-state index contributed by atoms with van der Waals surface area (Å²) in [5.41, 5.74) is 4.31. The normalized spacial score (nSPS) is 11.4. The van der Waals surface area contributed by atoms with E-state index in [4.69, 9.17) is 4.74 Å². The fourth-order valence-corrected chi connectivity index (χ4v) is 5.24. The average molecular weight is 450 g/mol. The lowest BCUT2D eigenvalue weighted by Crippen LogP contribution is -2.24. The Bertz CT molecular complexity index is 1330. The molecule has 3 aromatic heterocycles. The monoisotopic (exact) mass is 449 g/mol. The van der Waals surface area contributed by atoms with Crippen LogP contribution >= 0.6 is 11.3 Å². The Morgan fingerprint density at radius 2 is 1.91 bits per heavy atom. The fourth-order valence-electron chi connectivity index (χ4n) is 4.24. The molecule has 0 bridgehead atoms. The van der Waals surface area contributed by atoms with Crippen LogP contribution in [0.4, 0.5) is 0 Å². The number of thiophene rings is 1. The summed E-state index contributed by atoms with van der Waals surface area (Å²) < 4.78 is 8.71. The zero-order valence-electron chi connectivity index (χ0n) is 18.8. The summed E-state index contributed by atoms with van der Waals surface area (Å²) in [4.78, 5) is 32.8. The predicted octanol–water partition coefficient (Wildman–Crippen LogP) is 4.77. The maximum absolute atomic E-state index is 13.4. The molecular weight excluding hydrogens is 422 g/mol. The molecule has 0 spiro atoms. The highest BCUT2D eigenvalue weighted by Gasteiger charge is 2.20. The lowest BCUT2D eigenvalue weighted by Gasteiger charge is -2.10. The minimum absolute atomic E-state index is 0.0345. The minimum Gasteiger partial charge on any atom is -0.385 e. The number of rotatable bonds is 8. The van der Waals surface area contributed by atoms with Gasteiger partial charge in [-0.15, -0.1) is 11.3 Å². The van der Waals surface area contributed by atoms with E-state index in [0.29, 0.717) is 22.4 Å². The Hall–Kier alpha value is -3.03. The molecule has 7 heteroatoms. The molecule has 166 valence electrons. The maximum atomic E-state index is 13.4. The van der Waals surface area contributed by atoms with Crippen molar-refractivity contribution in [1.29, 1.82) is 0 Å². The van der Waals surface area contributed by atoms with E-state index in [9.17, 15) is 9.59 Å². The first kappa shape index (κ1) is 22.2. The number of carbonyl (C=O) groups is 1. The average Bonchev–Trinajstić information content (AvgIpc) is 3.27. The topological polar surface area (TPSA) is 66.1 Å². The summed E-state index contributed by atoms with van der Waals surface area (Å²) in [7, 11) is 1.69. The Morgan fingerprint density at radius 3 is 2.62 bits per heavy atom. The smallest absolute Gasteiger partial charge is 0.263 e. The number of ketones is 1. The van der Waals surface area contributed by atoms with Crippen molar-refractivity contribution in [2.45, 2.75) is 40.3 Å². The number of hydrogen-bond acceptors (Lipinski definition) is 5. The minimum atomic E-state index is -0.180. The zero-order valence-corrected chi connectivity index (χ0v) is 19.7. The number of aromatic nitrogens is 3. The first-order valence-electron chi connectivity index (χ1n) is 10.6. The second-order valence-electron chi connectivity index (χ2n) is 7.96. The van der Waals surface area contributed by atoms with E-state index < -0.39 is 0 Å². The number of ether oxygens (including phenoxy) is 1. The van der Waals surface area contributed by atoms with Gasteiger partial charge in [0.2, 0.25) is 0 Å². The molecular formula is C25H27N3O3S. The number of fused-ring (bicyclic) bond motifs is 1. The SMILES string of the molecule is COCCCn1c(C)cc(C(=O)Cn2cnc3sc(C)c(-c4ccccc4)c3c2=O)c1C. The van der Waals surface area contributed by atoms with Gasteiger partial charge in [-0.2, -0.15) is 0 Å². The van der Waals surface area contributed by atoms with Crippen LogP contribution in [0.25, 0.3) is 21.3 Å². The van der Waals surface area contributed by atoms with Gasteiger partial charge in [0.25, 0.3) is 5.56 Å². The largest absolute Gasteiger partial charge is 0.385 e. The Labute approximate surface area is 191 Å². The van der Waals surface area contributed by atoms with E-state index in [-0.39, 0.29) is 17.9 Å². The summed E-state index contributed by atoms with van der Waals surface area (Å²) in [6.07, 6.45) is 2.37. The molecule has 0 radical (unpaired) electrons. The number of aryl methyl sites for hydroxylation is 2. The molecule has 0 saturated heterocycles. The Morgan fingerprint density at radius 1 is 1.16 bits per heavy atom. The lowest BCUT2D eigenvalue weighted by atomic mass is 10.0. The molecule has 0 atom stereocenters. The van der Waals surface area contributed by atoms with Crippen molar-refractivity contribution < 1.29 is 9.53 Å². The second kappa shape index (κ2) is 9.22.